The Kier molecular flexibility index (Phi) is 5.12. The van der Waals surface area contributed by atoms with Crippen molar-refractivity contribution in [2.45, 2.75) is 32.2 Å². The van der Waals surface area contributed by atoms with Crippen molar-refractivity contribution in [2.75, 3.05) is 18.5 Å². The van der Waals surface area contributed by atoms with Crippen LogP contribution in [0.4, 0.5) is 5.69 Å². The average molecular weight is 276 g/mol. The van der Waals surface area contributed by atoms with Crippen molar-refractivity contribution in [1.82, 2.24) is 5.32 Å². The van der Waals surface area contributed by atoms with E-state index in [4.69, 9.17) is 4.74 Å². The molecule has 108 valence electrons. The monoisotopic (exact) mass is 276 g/mol. The minimum atomic E-state index is -0.376. The van der Waals surface area contributed by atoms with Gasteiger partial charge in [-0.3, -0.25) is 4.79 Å². The smallest absolute Gasteiger partial charge is 0.338 e. The molecule has 0 atom stereocenters. The highest BCUT2D eigenvalue weighted by Gasteiger charge is 2.20. The molecule has 0 radical (unpaired) electrons. The van der Waals surface area contributed by atoms with Crippen LogP contribution in [0.5, 0.6) is 0 Å². The summed E-state index contributed by atoms with van der Waals surface area (Å²) < 4.78 is 4.92. The van der Waals surface area contributed by atoms with Crippen LogP contribution < -0.4 is 10.6 Å². The maximum Gasteiger partial charge on any atom is 0.338 e. The Morgan fingerprint density at radius 3 is 2.85 bits per heavy atom. The molecule has 2 N–H and O–H groups in total. The predicted molar refractivity (Wildman–Crippen MR) is 76.7 cm³/mol. The summed E-state index contributed by atoms with van der Waals surface area (Å²) >= 11 is 0. The lowest BCUT2D eigenvalue weighted by Crippen LogP contribution is -2.23. The van der Waals surface area contributed by atoms with Gasteiger partial charge in [0.2, 0.25) is 5.91 Å². The number of nitrogens with one attached hydrogen (secondary N) is 2. The minimum Gasteiger partial charge on any atom is -0.462 e. The number of carbonyl (C=O) groups excluding carboxylic acids is 2. The molecule has 0 heterocycles. The van der Waals surface area contributed by atoms with Crippen LogP contribution in [0.3, 0.4) is 0 Å². The SMILES string of the molecule is CCOC(=O)c1cccc(NC(=O)CCNC2CC2)c1. The Morgan fingerprint density at radius 1 is 1.35 bits per heavy atom. The van der Waals surface area contributed by atoms with Gasteiger partial charge in [0.1, 0.15) is 0 Å². The fraction of sp³-hybridized carbons (Fsp3) is 0.467. The third-order valence-corrected chi connectivity index (χ3v) is 3.02. The summed E-state index contributed by atoms with van der Waals surface area (Å²) in [6.07, 6.45) is 2.85. The Labute approximate surface area is 118 Å². The van der Waals surface area contributed by atoms with Gasteiger partial charge in [-0.2, -0.15) is 0 Å². The first-order chi connectivity index (χ1) is 9.69. The number of hydrogen-bond acceptors (Lipinski definition) is 4. The van der Waals surface area contributed by atoms with E-state index in [9.17, 15) is 9.59 Å². The van der Waals surface area contributed by atoms with E-state index in [-0.39, 0.29) is 11.9 Å². The van der Waals surface area contributed by atoms with E-state index in [1.54, 1.807) is 31.2 Å². The molecule has 1 aliphatic rings. The molecule has 1 aliphatic carbocycles. The summed E-state index contributed by atoms with van der Waals surface area (Å²) in [5.41, 5.74) is 1.06. The Morgan fingerprint density at radius 2 is 2.15 bits per heavy atom. The topological polar surface area (TPSA) is 67.4 Å². The summed E-state index contributed by atoms with van der Waals surface area (Å²) in [5.74, 6) is -0.432. The molecule has 0 bridgehead atoms. The molecule has 1 fully saturated rings. The number of anilines is 1. The van der Waals surface area contributed by atoms with Crippen LogP contribution in [-0.2, 0) is 9.53 Å². The Hall–Kier alpha value is -1.88. The van der Waals surface area contributed by atoms with Crippen LogP contribution in [0.15, 0.2) is 24.3 Å². The molecule has 1 saturated carbocycles. The van der Waals surface area contributed by atoms with E-state index in [1.165, 1.54) is 12.8 Å². The van der Waals surface area contributed by atoms with E-state index in [1.807, 2.05) is 0 Å². The van der Waals surface area contributed by atoms with Gasteiger partial charge in [0.05, 0.1) is 12.2 Å². The van der Waals surface area contributed by atoms with Gasteiger partial charge in [-0.25, -0.2) is 4.79 Å². The van der Waals surface area contributed by atoms with Gasteiger partial charge in [0, 0.05) is 24.7 Å². The molecule has 0 spiro atoms. The zero-order chi connectivity index (χ0) is 14.4. The van der Waals surface area contributed by atoms with Gasteiger partial charge in [-0.1, -0.05) is 6.07 Å². The fourth-order valence-corrected chi connectivity index (χ4v) is 1.84. The second kappa shape index (κ2) is 7.05. The van der Waals surface area contributed by atoms with Crippen LogP contribution in [0.25, 0.3) is 0 Å². The Bertz CT molecular complexity index is 484. The quantitative estimate of drug-likeness (QED) is 0.747. The van der Waals surface area contributed by atoms with Gasteiger partial charge in [-0.15, -0.1) is 0 Å². The first-order valence-electron chi connectivity index (χ1n) is 6.99. The molecule has 1 amide bonds. The third-order valence-electron chi connectivity index (χ3n) is 3.02. The summed E-state index contributed by atoms with van der Waals surface area (Å²) in [7, 11) is 0. The van der Waals surface area contributed by atoms with Crippen molar-refractivity contribution in [3.05, 3.63) is 29.8 Å². The van der Waals surface area contributed by atoms with Crippen molar-refractivity contribution in [2.24, 2.45) is 0 Å². The molecule has 5 heteroatoms. The van der Waals surface area contributed by atoms with Gasteiger partial charge >= 0.3 is 5.97 Å². The lowest BCUT2D eigenvalue weighted by molar-refractivity contribution is -0.116. The molecule has 0 aromatic heterocycles. The fourth-order valence-electron chi connectivity index (χ4n) is 1.84. The number of esters is 1. The first-order valence-corrected chi connectivity index (χ1v) is 6.99. The molecular formula is C15H20N2O3. The standard InChI is InChI=1S/C15H20N2O3/c1-2-20-15(19)11-4-3-5-13(10-11)17-14(18)8-9-16-12-6-7-12/h3-5,10,12,16H,2,6-9H2,1H3,(H,17,18). The summed E-state index contributed by atoms with van der Waals surface area (Å²) in [6.45, 7) is 2.78. The average Bonchev–Trinajstić information content (AvgIpc) is 3.23. The molecule has 5 nitrogen and oxygen atoms in total. The normalized spacial score (nSPS) is 13.8. The summed E-state index contributed by atoms with van der Waals surface area (Å²) in [5, 5.41) is 6.07. The van der Waals surface area contributed by atoms with Gasteiger partial charge in [0.15, 0.2) is 0 Å². The number of carbonyl (C=O) groups is 2. The van der Waals surface area contributed by atoms with Crippen LogP contribution in [0.2, 0.25) is 0 Å². The molecule has 20 heavy (non-hydrogen) atoms. The number of amides is 1. The van der Waals surface area contributed by atoms with Crippen molar-refractivity contribution in [1.29, 1.82) is 0 Å². The minimum absolute atomic E-state index is 0.0563. The number of rotatable bonds is 7. The molecule has 0 unspecified atom stereocenters. The van der Waals surface area contributed by atoms with Crippen LogP contribution in [-0.4, -0.2) is 31.1 Å². The molecular weight excluding hydrogens is 256 g/mol. The summed E-state index contributed by atoms with van der Waals surface area (Å²) in [6, 6.07) is 7.39. The van der Waals surface area contributed by atoms with E-state index < -0.39 is 0 Å². The number of ether oxygens (including phenoxy) is 1. The number of hydrogen-bond donors (Lipinski definition) is 2. The van der Waals surface area contributed by atoms with Crippen LogP contribution in [0, 0.1) is 0 Å². The van der Waals surface area contributed by atoms with E-state index in [0.29, 0.717) is 36.9 Å². The highest BCUT2D eigenvalue weighted by molar-refractivity contribution is 5.94. The maximum absolute atomic E-state index is 11.8. The van der Waals surface area contributed by atoms with Crippen molar-refractivity contribution in [3.63, 3.8) is 0 Å². The second-order valence-corrected chi connectivity index (χ2v) is 4.83. The van der Waals surface area contributed by atoms with Gasteiger partial charge in [-0.05, 0) is 38.0 Å². The Balaban J connectivity index is 1.83. The molecule has 0 aliphatic heterocycles. The zero-order valence-electron chi connectivity index (χ0n) is 11.6. The lowest BCUT2D eigenvalue weighted by Gasteiger charge is -2.07. The summed E-state index contributed by atoms with van der Waals surface area (Å²) in [4.78, 5) is 23.3. The predicted octanol–water partition coefficient (Wildman–Crippen LogP) is 1.94. The lowest BCUT2D eigenvalue weighted by atomic mass is 10.2. The molecule has 0 saturated heterocycles. The second-order valence-electron chi connectivity index (χ2n) is 4.83. The maximum atomic E-state index is 11.8. The van der Waals surface area contributed by atoms with Crippen molar-refractivity contribution >= 4 is 17.6 Å². The van der Waals surface area contributed by atoms with E-state index in [2.05, 4.69) is 10.6 Å². The number of benzene rings is 1. The molecule has 1 aromatic carbocycles. The van der Waals surface area contributed by atoms with Crippen LogP contribution in [0.1, 0.15) is 36.5 Å². The highest BCUT2D eigenvalue weighted by atomic mass is 16.5. The van der Waals surface area contributed by atoms with Crippen molar-refractivity contribution < 1.29 is 14.3 Å². The third kappa shape index (κ3) is 4.66. The van der Waals surface area contributed by atoms with Gasteiger partial charge in [0.25, 0.3) is 0 Å². The highest BCUT2D eigenvalue weighted by Crippen LogP contribution is 2.18. The molecule has 2 rings (SSSR count). The largest absolute Gasteiger partial charge is 0.462 e. The van der Waals surface area contributed by atoms with Crippen LogP contribution >= 0.6 is 0 Å². The first kappa shape index (κ1) is 14.5. The van der Waals surface area contributed by atoms with Crippen molar-refractivity contribution in [3.8, 4) is 0 Å². The van der Waals surface area contributed by atoms with E-state index in [0.717, 1.165) is 0 Å². The zero-order valence-corrected chi connectivity index (χ0v) is 11.6. The van der Waals surface area contributed by atoms with E-state index >= 15 is 0 Å². The molecule has 1 aromatic rings. The van der Waals surface area contributed by atoms with Gasteiger partial charge < -0.3 is 15.4 Å².